The molecular weight excluding hydrogens is 738 g/mol. The van der Waals surface area contributed by atoms with Gasteiger partial charge in [0.15, 0.2) is 0 Å². The second-order valence-corrected chi connectivity index (χ2v) is 10.8. The molecule has 1 aliphatic heterocycles. The third-order valence-electron chi connectivity index (χ3n) is 4.30. The average molecular weight is 754 g/mol. The van der Waals surface area contributed by atoms with Gasteiger partial charge in [-0.2, -0.15) is 0 Å². The van der Waals surface area contributed by atoms with Crippen LogP contribution in [0.4, 0.5) is 0 Å². The maximum atomic E-state index is 12.3. The van der Waals surface area contributed by atoms with Crippen LogP contribution in [0.5, 0.6) is 0 Å². The average Bonchev–Trinajstić information content (AvgIpc) is 2.92. The molecular formula is C22H16Br2I2N2O2. The fourth-order valence-corrected chi connectivity index (χ4v) is 6.40. The van der Waals surface area contributed by atoms with Crippen LogP contribution in [0, 0.1) is 7.14 Å². The van der Waals surface area contributed by atoms with Crippen LogP contribution >= 0.6 is 77.0 Å². The van der Waals surface area contributed by atoms with Crippen LogP contribution in [0.15, 0.2) is 69.6 Å². The third kappa shape index (κ3) is 5.90. The number of hydrogen-bond donors (Lipinski definition) is 1. The van der Waals surface area contributed by atoms with Crippen molar-refractivity contribution in [3.05, 3.63) is 99.0 Å². The van der Waals surface area contributed by atoms with E-state index in [0.717, 1.165) is 18.1 Å². The van der Waals surface area contributed by atoms with Crippen LogP contribution in [-0.4, -0.2) is 16.7 Å². The Kier molecular flexibility index (Phi) is 8.47. The van der Waals surface area contributed by atoms with Crippen LogP contribution in [0.1, 0.15) is 31.8 Å². The van der Waals surface area contributed by atoms with E-state index >= 15 is 0 Å². The van der Waals surface area contributed by atoms with Gasteiger partial charge in [-0.15, -0.1) is 0 Å². The first kappa shape index (κ1) is 23.8. The van der Waals surface area contributed by atoms with Crippen molar-refractivity contribution < 1.29 is 9.59 Å². The first-order chi connectivity index (χ1) is 14.3. The van der Waals surface area contributed by atoms with Gasteiger partial charge in [0.1, 0.15) is 0 Å². The van der Waals surface area contributed by atoms with E-state index in [1.807, 2.05) is 24.3 Å². The molecule has 1 aliphatic rings. The van der Waals surface area contributed by atoms with Crippen molar-refractivity contribution >= 4 is 88.9 Å². The Labute approximate surface area is 219 Å². The number of benzene rings is 3. The van der Waals surface area contributed by atoms with Gasteiger partial charge in [0.05, 0.1) is 17.7 Å². The molecule has 0 aliphatic carbocycles. The Morgan fingerprint density at radius 3 is 1.70 bits per heavy atom. The minimum absolute atomic E-state index is 0.222. The largest absolute Gasteiger partial charge is 0.326 e. The van der Waals surface area contributed by atoms with Crippen LogP contribution in [0.25, 0.3) is 0 Å². The minimum Gasteiger partial charge on any atom is -0.326 e. The van der Waals surface area contributed by atoms with E-state index in [1.165, 1.54) is 14.0 Å². The lowest BCUT2D eigenvalue weighted by Crippen LogP contribution is -2.29. The van der Waals surface area contributed by atoms with Crippen molar-refractivity contribution in [2.75, 3.05) is 0 Å². The lowest BCUT2D eigenvalue weighted by molar-refractivity contribution is 0.0642. The first-order valence-corrected chi connectivity index (χ1v) is 12.6. The second-order valence-electron chi connectivity index (χ2n) is 6.50. The molecule has 30 heavy (non-hydrogen) atoms. The molecule has 0 radical (unpaired) electrons. The van der Waals surface area contributed by atoms with E-state index in [0.29, 0.717) is 24.2 Å². The van der Waals surface area contributed by atoms with E-state index in [1.54, 1.807) is 24.3 Å². The fraction of sp³-hybridized carbons (Fsp3) is 0.0909. The third-order valence-corrected chi connectivity index (χ3v) is 6.46. The van der Waals surface area contributed by atoms with Crippen LogP contribution in [0.3, 0.4) is 0 Å². The van der Waals surface area contributed by atoms with Gasteiger partial charge in [-0.1, -0.05) is 44.0 Å². The zero-order valence-corrected chi connectivity index (χ0v) is 23.0. The Bertz CT molecular complexity index is 1050. The van der Waals surface area contributed by atoms with E-state index in [9.17, 15) is 9.59 Å². The predicted molar refractivity (Wildman–Crippen MR) is 142 cm³/mol. The summed E-state index contributed by atoms with van der Waals surface area (Å²) in [6.07, 6.45) is 0. The number of imide groups is 1. The fourth-order valence-electron chi connectivity index (χ4n) is 3.00. The maximum absolute atomic E-state index is 12.3. The number of carbonyl (C=O) groups excluding carboxylic acids is 2. The molecule has 0 atom stereocenters. The molecule has 0 unspecified atom stereocenters. The highest BCUT2D eigenvalue weighted by Gasteiger charge is 2.34. The van der Waals surface area contributed by atoms with E-state index in [2.05, 4.69) is 89.2 Å². The monoisotopic (exact) mass is 752 g/mol. The number of amides is 2. The normalized spacial score (nSPS) is 12.5. The van der Waals surface area contributed by atoms with Gasteiger partial charge in [0.2, 0.25) is 0 Å². The molecule has 0 fully saturated rings. The zero-order chi connectivity index (χ0) is 21.8. The molecule has 0 saturated carbocycles. The maximum Gasteiger partial charge on any atom is 0.261 e. The smallest absolute Gasteiger partial charge is 0.261 e. The molecule has 4 rings (SSSR count). The molecule has 154 valence electrons. The van der Waals surface area contributed by atoms with Gasteiger partial charge in [0, 0.05) is 22.6 Å². The second kappa shape index (κ2) is 10.7. The predicted octanol–water partition coefficient (Wildman–Crippen LogP) is 6.36. The van der Waals surface area contributed by atoms with Crippen LogP contribution in [0.2, 0.25) is 0 Å². The summed E-state index contributed by atoms with van der Waals surface area (Å²) >= 11 is 11.3. The molecule has 2 amide bonds. The van der Waals surface area contributed by atoms with Crippen molar-refractivity contribution in [3.8, 4) is 0 Å². The minimum atomic E-state index is -0.222. The number of halogens is 4. The topological polar surface area (TPSA) is 63.4 Å². The number of nitrogens with two attached hydrogens (primary N) is 1. The van der Waals surface area contributed by atoms with Crippen molar-refractivity contribution in [3.63, 3.8) is 0 Å². The lowest BCUT2D eigenvalue weighted by atomic mass is 10.1. The van der Waals surface area contributed by atoms with Gasteiger partial charge >= 0.3 is 0 Å². The summed E-state index contributed by atoms with van der Waals surface area (Å²) in [4.78, 5) is 25.8. The molecule has 0 spiro atoms. The highest BCUT2D eigenvalue weighted by molar-refractivity contribution is 14.1. The molecule has 3 aromatic rings. The van der Waals surface area contributed by atoms with Crippen molar-refractivity contribution in [2.24, 2.45) is 5.73 Å². The molecule has 0 bridgehead atoms. The highest BCUT2D eigenvalue weighted by atomic mass is 127. The van der Waals surface area contributed by atoms with Gasteiger partial charge < -0.3 is 5.73 Å². The summed E-state index contributed by atoms with van der Waals surface area (Å²) in [7, 11) is 0. The summed E-state index contributed by atoms with van der Waals surface area (Å²) in [5.41, 5.74) is 8.53. The van der Waals surface area contributed by atoms with Gasteiger partial charge in [-0.3, -0.25) is 14.5 Å². The zero-order valence-electron chi connectivity index (χ0n) is 15.5. The van der Waals surface area contributed by atoms with Gasteiger partial charge in [-0.05, 0) is 105 Å². The number of hydrogen-bond acceptors (Lipinski definition) is 3. The van der Waals surface area contributed by atoms with Gasteiger partial charge in [0.25, 0.3) is 11.8 Å². The summed E-state index contributed by atoms with van der Waals surface area (Å²) in [6.45, 7) is 0.900. The summed E-state index contributed by atoms with van der Waals surface area (Å²) in [5, 5.41) is 0. The SMILES string of the molecule is NCc1cc(Br)cc(I)c1.O=C1c2ccccc2C(=O)N1Cc1cc(Br)cc(I)c1. The molecule has 2 N–H and O–H groups in total. The number of carbonyl (C=O) groups is 2. The van der Waals surface area contributed by atoms with Crippen molar-refractivity contribution in [2.45, 2.75) is 13.1 Å². The Balaban J connectivity index is 0.000000216. The molecule has 0 aromatic heterocycles. The molecule has 0 saturated heterocycles. The summed E-state index contributed by atoms with van der Waals surface area (Å²) in [6, 6.07) is 19.0. The Morgan fingerprint density at radius 2 is 1.23 bits per heavy atom. The highest BCUT2D eigenvalue weighted by Crippen LogP contribution is 2.26. The molecule has 8 heteroatoms. The van der Waals surface area contributed by atoms with Crippen molar-refractivity contribution in [1.29, 1.82) is 0 Å². The summed E-state index contributed by atoms with van der Waals surface area (Å²) < 4.78 is 4.31. The number of nitrogens with zero attached hydrogens (tertiary/aromatic N) is 1. The van der Waals surface area contributed by atoms with Crippen LogP contribution < -0.4 is 5.73 Å². The summed E-state index contributed by atoms with van der Waals surface area (Å²) in [5.74, 6) is -0.443. The molecule has 1 heterocycles. The lowest BCUT2D eigenvalue weighted by Gasteiger charge is -2.14. The number of rotatable bonds is 3. The van der Waals surface area contributed by atoms with Gasteiger partial charge in [-0.25, -0.2) is 0 Å². The van der Waals surface area contributed by atoms with E-state index in [-0.39, 0.29) is 11.8 Å². The molecule has 4 nitrogen and oxygen atoms in total. The Hall–Kier alpha value is -0.820. The standard InChI is InChI=1S/C15H9BrINO2.C7H7BrIN/c16-10-5-9(6-11(17)7-10)8-18-14(19)12-3-1-2-4-13(12)15(18)20;8-6-1-5(4-10)2-7(9)3-6/h1-7H,8H2;1-3H,4,10H2. The number of fused-ring (bicyclic) bond motifs is 1. The van der Waals surface area contributed by atoms with Crippen LogP contribution in [-0.2, 0) is 13.1 Å². The first-order valence-electron chi connectivity index (χ1n) is 8.83. The molecule has 3 aromatic carbocycles. The van der Waals surface area contributed by atoms with E-state index in [4.69, 9.17) is 5.73 Å². The Morgan fingerprint density at radius 1 is 0.767 bits per heavy atom. The van der Waals surface area contributed by atoms with Crippen molar-refractivity contribution in [1.82, 2.24) is 4.90 Å². The van der Waals surface area contributed by atoms with E-state index < -0.39 is 0 Å². The quantitative estimate of drug-likeness (QED) is 0.250.